The summed E-state index contributed by atoms with van der Waals surface area (Å²) in [5, 5.41) is 4.06. The molecule has 1 fully saturated rings. The Labute approximate surface area is 147 Å². The third kappa shape index (κ3) is 4.01. The molecule has 0 aromatic heterocycles. The SMILES string of the molecule is COc1cc(C)ccc1OC(c1ccc(Cl)cc1)[C@@H]1CNCCO1. The molecule has 3 rings (SSSR count). The minimum atomic E-state index is -0.244. The molecular formula is C19H22ClNO3. The monoisotopic (exact) mass is 347 g/mol. The van der Waals surface area contributed by atoms with E-state index in [-0.39, 0.29) is 12.2 Å². The number of methoxy groups -OCH3 is 1. The largest absolute Gasteiger partial charge is 0.493 e. The second-order valence-corrected chi connectivity index (χ2v) is 6.29. The summed E-state index contributed by atoms with van der Waals surface area (Å²) in [5.74, 6) is 1.43. The number of morpholine rings is 1. The van der Waals surface area contributed by atoms with Gasteiger partial charge in [-0.15, -0.1) is 0 Å². The van der Waals surface area contributed by atoms with E-state index < -0.39 is 0 Å². The molecule has 2 atom stereocenters. The standard InChI is InChI=1S/C19H22ClNO3/c1-13-3-8-16(17(11-13)22-2)24-19(18-12-21-9-10-23-18)14-4-6-15(20)7-5-14/h3-8,11,18-19,21H,9-10,12H2,1-2H3/t18-,19?/m0/s1. The summed E-state index contributed by atoms with van der Waals surface area (Å²) in [6, 6.07) is 13.6. The minimum absolute atomic E-state index is 0.0778. The highest BCUT2D eigenvalue weighted by Gasteiger charge is 2.28. The van der Waals surface area contributed by atoms with Crippen molar-refractivity contribution >= 4 is 11.6 Å². The maximum absolute atomic E-state index is 6.32. The van der Waals surface area contributed by atoms with Gasteiger partial charge in [-0.2, -0.15) is 0 Å². The van der Waals surface area contributed by atoms with Crippen LogP contribution in [-0.2, 0) is 4.74 Å². The Morgan fingerprint density at radius 3 is 2.62 bits per heavy atom. The molecule has 0 spiro atoms. The quantitative estimate of drug-likeness (QED) is 0.893. The molecule has 4 nitrogen and oxygen atoms in total. The molecule has 0 aliphatic carbocycles. The predicted molar refractivity (Wildman–Crippen MR) is 95.2 cm³/mol. The molecule has 2 aromatic rings. The van der Waals surface area contributed by atoms with Crippen molar-refractivity contribution in [2.24, 2.45) is 0 Å². The highest BCUT2D eigenvalue weighted by molar-refractivity contribution is 6.30. The van der Waals surface area contributed by atoms with Gasteiger partial charge in [-0.3, -0.25) is 0 Å². The van der Waals surface area contributed by atoms with Crippen LogP contribution >= 0.6 is 11.6 Å². The highest BCUT2D eigenvalue weighted by atomic mass is 35.5. The van der Waals surface area contributed by atoms with Gasteiger partial charge in [0.05, 0.1) is 13.7 Å². The number of benzene rings is 2. The predicted octanol–water partition coefficient (Wildman–Crippen LogP) is 3.77. The third-order valence-corrected chi connectivity index (χ3v) is 4.32. The lowest BCUT2D eigenvalue weighted by Crippen LogP contribution is -2.43. The number of halogens is 1. The van der Waals surface area contributed by atoms with Crippen LogP contribution in [0.5, 0.6) is 11.5 Å². The van der Waals surface area contributed by atoms with Crippen molar-refractivity contribution < 1.29 is 14.2 Å². The van der Waals surface area contributed by atoms with E-state index in [1.807, 2.05) is 49.4 Å². The summed E-state index contributed by atoms with van der Waals surface area (Å²) in [5.41, 5.74) is 2.15. The molecular weight excluding hydrogens is 326 g/mol. The fraction of sp³-hybridized carbons (Fsp3) is 0.368. The molecule has 1 N–H and O–H groups in total. The van der Waals surface area contributed by atoms with Crippen LogP contribution in [0.2, 0.25) is 5.02 Å². The first-order valence-electron chi connectivity index (χ1n) is 8.06. The first kappa shape index (κ1) is 17.1. The van der Waals surface area contributed by atoms with Gasteiger partial charge in [0, 0.05) is 18.1 Å². The molecule has 24 heavy (non-hydrogen) atoms. The summed E-state index contributed by atoms with van der Waals surface area (Å²) in [6.45, 7) is 4.29. The molecule has 0 amide bonds. The third-order valence-electron chi connectivity index (χ3n) is 4.07. The Bertz CT molecular complexity index is 669. The number of ether oxygens (including phenoxy) is 3. The summed E-state index contributed by atoms with van der Waals surface area (Å²) in [6.07, 6.45) is -0.322. The Morgan fingerprint density at radius 2 is 1.96 bits per heavy atom. The number of rotatable bonds is 5. The van der Waals surface area contributed by atoms with Gasteiger partial charge in [-0.05, 0) is 42.3 Å². The normalized spacial score (nSPS) is 18.9. The van der Waals surface area contributed by atoms with E-state index >= 15 is 0 Å². The van der Waals surface area contributed by atoms with Crippen molar-refractivity contribution in [2.75, 3.05) is 26.8 Å². The van der Waals surface area contributed by atoms with Crippen LogP contribution in [-0.4, -0.2) is 32.9 Å². The maximum atomic E-state index is 6.32. The van der Waals surface area contributed by atoms with Crippen LogP contribution in [0.3, 0.4) is 0 Å². The number of aryl methyl sites for hydroxylation is 1. The van der Waals surface area contributed by atoms with Crippen LogP contribution < -0.4 is 14.8 Å². The average Bonchev–Trinajstić information content (AvgIpc) is 2.62. The van der Waals surface area contributed by atoms with E-state index in [0.717, 1.165) is 30.0 Å². The van der Waals surface area contributed by atoms with Crippen molar-refractivity contribution in [2.45, 2.75) is 19.1 Å². The second kappa shape index (κ2) is 7.88. The van der Waals surface area contributed by atoms with Crippen LogP contribution in [0.15, 0.2) is 42.5 Å². The van der Waals surface area contributed by atoms with E-state index in [2.05, 4.69) is 5.32 Å². The van der Waals surface area contributed by atoms with Gasteiger partial charge < -0.3 is 19.5 Å². The summed E-state index contributed by atoms with van der Waals surface area (Å²) in [4.78, 5) is 0. The van der Waals surface area contributed by atoms with Crippen molar-refractivity contribution in [3.63, 3.8) is 0 Å². The molecule has 0 radical (unpaired) electrons. The van der Waals surface area contributed by atoms with Gasteiger partial charge in [0.15, 0.2) is 17.6 Å². The summed E-state index contributed by atoms with van der Waals surface area (Å²) in [7, 11) is 1.65. The lowest BCUT2D eigenvalue weighted by atomic mass is 10.0. The first-order chi connectivity index (χ1) is 11.7. The number of nitrogens with one attached hydrogen (secondary N) is 1. The van der Waals surface area contributed by atoms with Gasteiger partial charge in [-0.25, -0.2) is 0 Å². The van der Waals surface area contributed by atoms with Crippen molar-refractivity contribution in [1.29, 1.82) is 0 Å². The zero-order valence-corrected chi connectivity index (χ0v) is 14.7. The fourth-order valence-electron chi connectivity index (χ4n) is 2.80. The number of hydrogen-bond donors (Lipinski definition) is 1. The molecule has 0 bridgehead atoms. The maximum Gasteiger partial charge on any atom is 0.162 e. The molecule has 1 heterocycles. The second-order valence-electron chi connectivity index (χ2n) is 5.86. The molecule has 128 valence electrons. The minimum Gasteiger partial charge on any atom is -0.493 e. The van der Waals surface area contributed by atoms with Gasteiger partial charge in [0.25, 0.3) is 0 Å². The fourth-order valence-corrected chi connectivity index (χ4v) is 2.93. The van der Waals surface area contributed by atoms with Gasteiger partial charge >= 0.3 is 0 Å². The van der Waals surface area contributed by atoms with Crippen molar-refractivity contribution in [3.8, 4) is 11.5 Å². The number of hydrogen-bond acceptors (Lipinski definition) is 4. The highest BCUT2D eigenvalue weighted by Crippen LogP contribution is 2.34. The molecule has 1 aliphatic heterocycles. The van der Waals surface area contributed by atoms with Gasteiger partial charge in [0.2, 0.25) is 0 Å². The Morgan fingerprint density at radius 1 is 1.17 bits per heavy atom. The summed E-state index contributed by atoms with van der Waals surface area (Å²) >= 11 is 6.02. The first-order valence-corrected chi connectivity index (χ1v) is 8.44. The van der Waals surface area contributed by atoms with E-state index in [0.29, 0.717) is 17.4 Å². The van der Waals surface area contributed by atoms with E-state index in [1.165, 1.54) is 0 Å². The van der Waals surface area contributed by atoms with Crippen molar-refractivity contribution in [3.05, 3.63) is 58.6 Å². The zero-order chi connectivity index (χ0) is 16.9. The van der Waals surface area contributed by atoms with E-state index in [9.17, 15) is 0 Å². The van der Waals surface area contributed by atoms with E-state index in [4.69, 9.17) is 25.8 Å². The van der Waals surface area contributed by atoms with Crippen LogP contribution in [0.4, 0.5) is 0 Å². The molecule has 2 aromatic carbocycles. The topological polar surface area (TPSA) is 39.7 Å². The average molecular weight is 348 g/mol. The lowest BCUT2D eigenvalue weighted by Gasteiger charge is -2.32. The van der Waals surface area contributed by atoms with Crippen molar-refractivity contribution in [1.82, 2.24) is 5.32 Å². The Hall–Kier alpha value is -1.75. The zero-order valence-electron chi connectivity index (χ0n) is 13.9. The molecule has 5 heteroatoms. The van der Waals surface area contributed by atoms with Gasteiger partial charge in [0.1, 0.15) is 6.10 Å². The Kier molecular flexibility index (Phi) is 5.61. The van der Waals surface area contributed by atoms with Crippen LogP contribution in [0, 0.1) is 6.92 Å². The van der Waals surface area contributed by atoms with Crippen LogP contribution in [0.1, 0.15) is 17.2 Å². The molecule has 1 aliphatic rings. The van der Waals surface area contributed by atoms with Crippen LogP contribution in [0.25, 0.3) is 0 Å². The molecule has 1 saturated heterocycles. The smallest absolute Gasteiger partial charge is 0.162 e. The Balaban J connectivity index is 1.91. The van der Waals surface area contributed by atoms with Gasteiger partial charge in [-0.1, -0.05) is 29.8 Å². The van der Waals surface area contributed by atoms with E-state index in [1.54, 1.807) is 7.11 Å². The molecule has 0 saturated carbocycles. The summed E-state index contributed by atoms with van der Waals surface area (Å²) < 4.78 is 17.7. The lowest BCUT2D eigenvalue weighted by molar-refractivity contribution is -0.0438. The molecule has 1 unspecified atom stereocenters.